The van der Waals surface area contributed by atoms with E-state index >= 15 is 0 Å². The number of carbonyl (C=O) groups excluding carboxylic acids is 1. The number of urea groups is 1. The molecule has 0 spiro atoms. The Morgan fingerprint density at radius 1 is 1.30 bits per heavy atom. The molecule has 20 heavy (non-hydrogen) atoms. The zero-order valence-corrected chi connectivity index (χ0v) is 11.6. The number of amides is 2. The molecule has 1 aromatic rings. The van der Waals surface area contributed by atoms with Crippen LogP contribution in [0.3, 0.4) is 0 Å². The summed E-state index contributed by atoms with van der Waals surface area (Å²) in [6.45, 7) is 2.13. The van der Waals surface area contributed by atoms with Crippen molar-refractivity contribution in [2.24, 2.45) is 5.41 Å². The first-order chi connectivity index (χ1) is 9.52. The molecule has 1 saturated carbocycles. The Balaban J connectivity index is 1.73. The molecule has 1 unspecified atom stereocenters. The molecule has 1 atom stereocenters. The predicted molar refractivity (Wildman–Crippen MR) is 75.4 cm³/mol. The Labute approximate surface area is 118 Å². The lowest BCUT2D eigenvalue weighted by Gasteiger charge is -2.16. The van der Waals surface area contributed by atoms with E-state index in [-0.39, 0.29) is 18.6 Å². The van der Waals surface area contributed by atoms with Crippen LogP contribution >= 0.6 is 0 Å². The van der Waals surface area contributed by atoms with Crippen LogP contribution in [0.2, 0.25) is 0 Å². The van der Waals surface area contributed by atoms with Crippen LogP contribution in [0.4, 0.5) is 4.79 Å². The molecule has 0 radical (unpaired) electrons. The topological polar surface area (TPSA) is 78.4 Å². The average Bonchev–Trinajstić information content (AvgIpc) is 3.18. The summed E-state index contributed by atoms with van der Waals surface area (Å²) in [6.07, 6.45) is 2.03. The van der Waals surface area contributed by atoms with Crippen LogP contribution in [-0.2, 0) is 11.2 Å². The van der Waals surface area contributed by atoms with E-state index < -0.39 is 11.4 Å². The van der Waals surface area contributed by atoms with Crippen LogP contribution in [0.5, 0.6) is 0 Å². The molecular weight excluding hydrogens is 256 g/mol. The highest BCUT2D eigenvalue weighted by Crippen LogP contribution is 2.45. The van der Waals surface area contributed by atoms with Gasteiger partial charge < -0.3 is 15.7 Å². The maximum atomic E-state index is 11.7. The molecule has 1 aromatic carbocycles. The highest BCUT2D eigenvalue weighted by atomic mass is 16.4. The molecule has 2 amide bonds. The summed E-state index contributed by atoms with van der Waals surface area (Å²) in [5.41, 5.74) is 0.435. The fraction of sp³-hybridized carbons (Fsp3) is 0.467. The first-order valence-electron chi connectivity index (χ1n) is 6.83. The number of carboxylic acid groups (broad SMARTS) is 1. The van der Waals surface area contributed by atoms with Gasteiger partial charge in [-0.25, -0.2) is 4.79 Å². The van der Waals surface area contributed by atoms with Gasteiger partial charge in [0.05, 0.1) is 5.41 Å². The second kappa shape index (κ2) is 5.94. The third-order valence-electron chi connectivity index (χ3n) is 3.66. The Kier molecular flexibility index (Phi) is 4.27. The normalized spacial score (nSPS) is 17.1. The van der Waals surface area contributed by atoms with E-state index in [4.69, 9.17) is 5.11 Å². The summed E-state index contributed by atoms with van der Waals surface area (Å²) in [6, 6.07) is 9.60. The van der Waals surface area contributed by atoms with Gasteiger partial charge in [0.15, 0.2) is 0 Å². The Morgan fingerprint density at radius 2 is 1.95 bits per heavy atom. The van der Waals surface area contributed by atoms with Gasteiger partial charge in [0.1, 0.15) is 0 Å². The van der Waals surface area contributed by atoms with Crippen molar-refractivity contribution >= 4 is 12.0 Å². The fourth-order valence-electron chi connectivity index (χ4n) is 2.16. The number of carboxylic acids is 1. The lowest BCUT2D eigenvalue weighted by Crippen LogP contribution is -2.44. The third kappa shape index (κ3) is 3.73. The maximum absolute atomic E-state index is 11.7. The van der Waals surface area contributed by atoms with E-state index in [9.17, 15) is 9.59 Å². The molecule has 0 aliphatic heterocycles. The summed E-state index contributed by atoms with van der Waals surface area (Å²) >= 11 is 0. The van der Waals surface area contributed by atoms with Crippen LogP contribution in [0.25, 0.3) is 0 Å². The quantitative estimate of drug-likeness (QED) is 0.741. The first-order valence-corrected chi connectivity index (χ1v) is 6.83. The SMILES string of the molecule is CC(Cc1ccccc1)NC(=O)NCC1(C(=O)O)CC1. The highest BCUT2D eigenvalue weighted by Gasteiger charge is 2.50. The summed E-state index contributed by atoms with van der Waals surface area (Å²) in [5, 5.41) is 14.5. The second-order valence-electron chi connectivity index (χ2n) is 5.50. The van der Waals surface area contributed by atoms with Gasteiger partial charge in [0.25, 0.3) is 0 Å². The van der Waals surface area contributed by atoms with Gasteiger partial charge in [-0.15, -0.1) is 0 Å². The first kappa shape index (κ1) is 14.4. The van der Waals surface area contributed by atoms with Gasteiger partial charge in [-0.2, -0.15) is 0 Å². The van der Waals surface area contributed by atoms with E-state index in [1.54, 1.807) is 0 Å². The van der Waals surface area contributed by atoms with Crippen molar-refractivity contribution in [3.05, 3.63) is 35.9 Å². The summed E-state index contributed by atoms with van der Waals surface area (Å²) < 4.78 is 0. The van der Waals surface area contributed by atoms with Gasteiger partial charge in [-0.3, -0.25) is 4.79 Å². The minimum Gasteiger partial charge on any atom is -0.481 e. The van der Waals surface area contributed by atoms with E-state index in [1.165, 1.54) is 0 Å². The predicted octanol–water partition coefficient (Wildman–Crippen LogP) is 1.78. The molecule has 3 N–H and O–H groups in total. The largest absolute Gasteiger partial charge is 0.481 e. The highest BCUT2D eigenvalue weighted by molar-refractivity contribution is 5.80. The van der Waals surface area contributed by atoms with Crippen molar-refractivity contribution in [1.29, 1.82) is 0 Å². The molecule has 1 aliphatic rings. The Hall–Kier alpha value is -2.04. The minimum atomic E-state index is -0.824. The fourth-order valence-corrected chi connectivity index (χ4v) is 2.16. The smallest absolute Gasteiger partial charge is 0.315 e. The van der Waals surface area contributed by atoms with Gasteiger partial charge in [0, 0.05) is 12.6 Å². The summed E-state index contributed by atoms with van der Waals surface area (Å²) in [7, 11) is 0. The van der Waals surface area contributed by atoms with Crippen LogP contribution in [0.1, 0.15) is 25.3 Å². The van der Waals surface area contributed by atoms with E-state index in [1.807, 2.05) is 37.3 Å². The van der Waals surface area contributed by atoms with Crippen LogP contribution in [0.15, 0.2) is 30.3 Å². The van der Waals surface area contributed by atoms with Crippen LogP contribution < -0.4 is 10.6 Å². The number of carbonyl (C=O) groups is 2. The van der Waals surface area contributed by atoms with Crippen molar-refractivity contribution in [1.82, 2.24) is 10.6 Å². The van der Waals surface area contributed by atoms with Crippen molar-refractivity contribution in [3.63, 3.8) is 0 Å². The number of hydrogen-bond acceptors (Lipinski definition) is 2. The summed E-state index contributed by atoms with van der Waals surface area (Å²) in [5.74, 6) is -0.824. The van der Waals surface area contributed by atoms with Gasteiger partial charge in [-0.1, -0.05) is 30.3 Å². The van der Waals surface area contributed by atoms with Gasteiger partial charge in [0.2, 0.25) is 0 Å². The van der Waals surface area contributed by atoms with Crippen molar-refractivity contribution < 1.29 is 14.7 Å². The number of rotatable bonds is 6. The molecule has 1 aliphatic carbocycles. The lowest BCUT2D eigenvalue weighted by molar-refractivity contribution is -0.143. The van der Waals surface area contributed by atoms with Gasteiger partial charge >= 0.3 is 12.0 Å². The molecule has 0 saturated heterocycles. The van der Waals surface area contributed by atoms with Crippen molar-refractivity contribution in [2.45, 2.75) is 32.2 Å². The zero-order chi connectivity index (χ0) is 14.6. The molecular formula is C15H20N2O3. The standard InChI is InChI=1S/C15H20N2O3/c1-11(9-12-5-3-2-4-6-12)17-14(20)16-10-15(7-8-15)13(18)19/h2-6,11H,7-10H2,1H3,(H,18,19)(H2,16,17,20). The molecule has 108 valence electrons. The number of nitrogens with one attached hydrogen (secondary N) is 2. The van der Waals surface area contributed by atoms with E-state index in [0.29, 0.717) is 12.8 Å². The van der Waals surface area contributed by atoms with Crippen LogP contribution in [-0.4, -0.2) is 29.7 Å². The second-order valence-corrected chi connectivity index (χ2v) is 5.50. The molecule has 2 rings (SSSR count). The molecule has 5 nitrogen and oxygen atoms in total. The average molecular weight is 276 g/mol. The molecule has 0 aromatic heterocycles. The molecule has 0 heterocycles. The Bertz CT molecular complexity index is 483. The molecule has 1 fully saturated rings. The van der Waals surface area contributed by atoms with Crippen LogP contribution in [0, 0.1) is 5.41 Å². The number of benzene rings is 1. The maximum Gasteiger partial charge on any atom is 0.315 e. The molecule has 5 heteroatoms. The van der Waals surface area contributed by atoms with Crippen molar-refractivity contribution in [2.75, 3.05) is 6.54 Å². The number of aliphatic carboxylic acids is 1. The van der Waals surface area contributed by atoms with E-state index in [2.05, 4.69) is 10.6 Å². The Morgan fingerprint density at radius 3 is 2.50 bits per heavy atom. The monoisotopic (exact) mass is 276 g/mol. The summed E-state index contributed by atoms with van der Waals surface area (Å²) in [4.78, 5) is 22.7. The lowest BCUT2D eigenvalue weighted by atomic mass is 10.1. The van der Waals surface area contributed by atoms with Crippen molar-refractivity contribution in [3.8, 4) is 0 Å². The van der Waals surface area contributed by atoms with E-state index in [0.717, 1.165) is 12.0 Å². The third-order valence-corrected chi connectivity index (χ3v) is 3.66. The number of hydrogen-bond donors (Lipinski definition) is 3. The molecule has 0 bridgehead atoms. The zero-order valence-electron chi connectivity index (χ0n) is 11.6. The van der Waals surface area contributed by atoms with Gasteiger partial charge in [-0.05, 0) is 31.7 Å². The minimum absolute atomic E-state index is 0.00242.